The number of ether oxygens (including phenoxy) is 1. The summed E-state index contributed by atoms with van der Waals surface area (Å²) in [5.74, 6) is -5.22. The molecule has 0 saturated heterocycles. The van der Waals surface area contributed by atoms with Crippen LogP contribution in [0.3, 0.4) is 0 Å². The number of aliphatic hydroxyl groups is 1. The number of nitrogens with zero attached hydrogens (tertiary/aromatic N) is 3. The largest absolute Gasteiger partial charge is 0.485 e. The van der Waals surface area contributed by atoms with Gasteiger partial charge in [-0.3, -0.25) is 19.6 Å². The molecule has 0 aliphatic carbocycles. The first-order valence-corrected chi connectivity index (χ1v) is 10.00. The third-order valence-corrected chi connectivity index (χ3v) is 5.21. The van der Waals surface area contributed by atoms with Crippen LogP contribution in [0.1, 0.15) is 50.6 Å². The van der Waals surface area contributed by atoms with E-state index in [9.17, 15) is 27.2 Å². The molecule has 178 valence electrons. The second kappa shape index (κ2) is 9.69. The molecule has 0 aromatic carbocycles. The van der Waals surface area contributed by atoms with Crippen LogP contribution in [-0.2, 0) is 6.54 Å². The molecule has 33 heavy (non-hydrogen) atoms. The number of aryl methyl sites for hydroxylation is 1. The van der Waals surface area contributed by atoms with Crippen LogP contribution in [0.25, 0.3) is 0 Å². The van der Waals surface area contributed by atoms with Gasteiger partial charge in [0.2, 0.25) is 0 Å². The summed E-state index contributed by atoms with van der Waals surface area (Å²) in [6, 6.07) is 2.46. The maximum Gasteiger partial charge on any atom is 0.340 e. The highest BCUT2D eigenvalue weighted by Crippen LogP contribution is 2.33. The van der Waals surface area contributed by atoms with Crippen LogP contribution in [0.5, 0.6) is 5.75 Å². The normalized spacial score (nSPS) is 14.4. The highest BCUT2D eigenvalue weighted by molar-refractivity contribution is 6.03. The van der Waals surface area contributed by atoms with E-state index in [4.69, 9.17) is 9.84 Å². The Kier molecular flexibility index (Phi) is 7.15. The van der Waals surface area contributed by atoms with E-state index in [0.29, 0.717) is 22.4 Å². The zero-order chi connectivity index (χ0) is 24.3. The molecule has 8 nitrogen and oxygen atoms in total. The van der Waals surface area contributed by atoms with Crippen molar-refractivity contribution in [2.45, 2.75) is 38.8 Å². The topological polar surface area (TPSA) is 105 Å². The van der Waals surface area contributed by atoms with Gasteiger partial charge in [-0.25, -0.2) is 8.78 Å². The lowest BCUT2D eigenvalue weighted by molar-refractivity contribution is -0.148. The molecule has 0 radical (unpaired) electrons. The fraction of sp³-hybridized carbons (Fsp3) is 0.429. The lowest BCUT2D eigenvalue weighted by Crippen LogP contribution is -2.34. The van der Waals surface area contributed by atoms with Gasteiger partial charge in [-0.1, -0.05) is 0 Å². The standard InChI is InChI=1S/C21H22F4N4O4/c1-11-7-15(28-8-16(11)33-10-21(24,25)20(22)23)12(2)29-9-14-13(19(29)32)3-4-26-17(14)18(31)27-5-6-30/h3-4,7-8,12,20,30H,5-6,9-10H2,1-2H3,(H,27,31). The Morgan fingerprint density at radius 1 is 1.36 bits per heavy atom. The van der Waals surface area contributed by atoms with E-state index in [1.165, 1.54) is 23.2 Å². The smallest absolute Gasteiger partial charge is 0.340 e. The molecule has 2 aromatic heterocycles. The van der Waals surface area contributed by atoms with Crippen molar-refractivity contribution >= 4 is 11.8 Å². The van der Waals surface area contributed by atoms with Crippen LogP contribution in [0.4, 0.5) is 17.6 Å². The number of pyridine rings is 2. The predicted molar refractivity (Wildman–Crippen MR) is 107 cm³/mol. The summed E-state index contributed by atoms with van der Waals surface area (Å²) in [7, 11) is 0. The highest BCUT2D eigenvalue weighted by Gasteiger charge is 2.42. The minimum absolute atomic E-state index is 0.0408. The third-order valence-electron chi connectivity index (χ3n) is 5.21. The number of fused-ring (bicyclic) bond motifs is 1. The quantitative estimate of drug-likeness (QED) is 0.546. The molecular weight excluding hydrogens is 448 g/mol. The number of hydrogen-bond donors (Lipinski definition) is 2. The maximum absolute atomic E-state index is 13.1. The van der Waals surface area contributed by atoms with Gasteiger partial charge in [0.25, 0.3) is 11.8 Å². The average Bonchev–Trinajstić information content (AvgIpc) is 3.12. The molecule has 3 rings (SSSR count). The molecule has 2 aromatic rings. The van der Waals surface area contributed by atoms with Gasteiger partial charge in [-0.2, -0.15) is 8.78 Å². The Labute approximate surface area is 186 Å². The molecular formula is C21H22F4N4O4. The number of amides is 2. The highest BCUT2D eigenvalue weighted by atomic mass is 19.3. The number of hydrogen-bond acceptors (Lipinski definition) is 6. The zero-order valence-corrected chi connectivity index (χ0v) is 17.8. The number of alkyl halides is 4. The first kappa shape index (κ1) is 24.4. The lowest BCUT2D eigenvalue weighted by atomic mass is 10.1. The van der Waals surface area contributed by atoms with Gasteiger partial charge in [0.15, 0.2) is 6.61 Å². The summed E-state index contributed by atoms with van der Waals surface area (Å²) in [6.45, 7) is 1.64. The molecule has 0 fully saturated rings. The van der Waals surface area contributed by atoms with Gasteiger partial charge in [0.1, 0.15) is 11.4 Å². The summed E-state index contributed by atoms with van der Waals surface area (Å²) in [5, 5.41) is 11.4. The number of aromatic nitrogens is 2. The molecule has 0 bridgehead atoms. The van der Waals surface area contributed by atoms with Crippen LogP contribution in [-0.4, -0.2) is 63.9 Å². The number of nitrogens with one attached hydrogen (secondary N) is 1. The molecule has 12 heteroatoms. The van der Waals surface area contributed by atoms with Crippen LogP contribution in [0.15, 0.2) is 24.5 Å². The van der Waals surface area contributed by atoms with E-state index in [1.807, 2.05) is 0 Å². The van der Waals surface area contributed by atoms with Gasteiger partial charge >= 0.3 is 12.3 Å². The molecule has 2 amide bonds. The third kappa shape index (κ3) is 5.05. The van der Waals surface area contributed by atoms with Crippen molar-refractivity contribution in [1.82, 2.24) is 20.2 Å². The number of carbonyl (C=O) groups is 2. The van der Waals surface area contributed by atoms with Crippen LogP contribution >= 0.6 is 0 Å². The summed E-state index contributed by atoms with van der Waals surface area (Å²) >= 11 is 0. The Morgan fingerprint density at radius 2 is 2.09 bits per heavy atom. The van der Waals surface area contributed by atoms with E-state index in [1.54, 1.807) is 13.8 Å². The summed E-state index contributed by atoms with van der Waals surface area (Å²) in [5.41, 5.74) is 1.64. The van der Waals surface area contributed by atoms with Gasteiger partial charge in [0.05, 0.1) is 24.5 Å². The molecule has 2 N–H and O–H groups in total. The maximum atomic E-state index is 13.1. The molecule has 0 saturated carbocycles. The lowest BCUT2D eigenvalue weighted by Gasteiger charge is -2.24. The Balaban J connectivity index is 1.77. The van der Waals surface area contributed by atoms with Crippen molar-refractivity contribution in [2.24, 2.45) is 0 Å². The van der Waals surface area contributed by atoms with E-state index in [0.717, 1.165) is 6.20 Å². The second-order valence-corrected chi connectivity index (χ2v) is 7.50. The van der Waals surface area contributed by atoms with E-state index >= 15 is 0 Å². The van der Waals surface area contributed by atoms with E-state index in [-0.39, 0.29) is 37.0 Å². The summed E-state index contributed by atoms with van der Waals surface area (Å²) < 4.78 is 55.7. The summed E-state index contributed by atoms with van der Waals surface area (Å²) in [4.78, 5) is 35.0. The number of rotatable bonds is 9. The number of carbonyl (C=O) groups excluding carboxylic acids is 2. The molecule has 1 aliphatic heterocycles. The Morgan fingerprint density at radius 3 is 2.73 bits per heavy atom. The van der Waals surface area contributed by atoms with Crippen LogP contribution < -0.4 is 10.1 Å². The molecule has 1 aliphatic rings. The van der Waals surface area contributed by atoms with Crippen molar-refractivity contribution in [1.29, 1.82) is 0 Å². The summed E-state index contributed by atoms with van der Waals surface area (Å²) in [6.07, 6.45) is -1.35. The average molecular weight is 470 g/mol. The van der Waals surface area contributed by atoms with Crippen LogP contribution in [0.2, 0.25) is 0 Å². The van der Waals surface area contributed by atoms with Crippen molar-refractivity contribution < 1.29 is 37.0 Å². The monoisotopic (exact) mass is 470 g/mol. The van der Waals surface area contributed by atoms with Crippen molar-refractivity contribution in [3.63, 3.8) is 0 Å². The van der Waals surface area contributed by atoms with Gasteiger partial charge in [0, 0.05) is 30.4 Å². The van der Waals surface area contributed by atoms with Crippen LogP contribution in [0, 0.1) is 6.92 Å². The van der Waals surface area contributed by atoms with Crippen molar-refractivity contribution in [3.05, 3.63) is 52.6 Å². The zero-order valence-electron chi connectivity index (χ0n) is 17.8. The first-order chi connectivity index (χ1) is 15.6. The predicted octanol–water partition coefficient (Wildman–Crippen LogP) is 2.50. The van der Waals surface area contributed by atoms with Gasteiger partial charge in [-0.15, -0.1) is 0 Å². The van der Waals surface area contributed by atoms with E-state index < -0.39 is 30.9 Å². The van der Waals surface area contributed by atoms with Crippen molar-refractivity contribution in [3.8, 4) is 5.75 Å². The fourth-order valence-electron chi connectivity index (χ4n) is 3.35. The Hall–Kier alpha value is -3.28. The minimum atomic E-state index is -4.29. The molecule has 1 atom stereocenters. The number of halogens is 4. The molecule has 1 unspecified atom stereocenters. The van der Waals surface area contributed by atoms with E-state index in [2.05, 4.69) is 15.3 Å². The second-order valence-electron chi connectivity index (χ2n) is 7.50. The van der Waals surface area contributed by atoms with Crippen molar-refractivity contribution in [2.75, 3.05) is 19.8 Å². The molecule has 3 heterocycles. The van der Waals surface area contributed by atoms with Gasteiger partial charge in [-0.05, 0) is 31.5 Å². The minimum Gasteiger partial charge on any atom is -0.485 e. The molecule has 0 spiro atoms. The SMILES string of the molecule is Cc1cc(C(C)N2Cc3c(ccnc3C(=O)NCCO)C2=O)ncc1OCC(F)(F)C(F)F. The fourth-order valence-corrected chi connectivity index (χ4v) is 3.35. The Bertz CT molecular complexity index is 1050. The van der Waals surface area contributed by atoms with Gasteiger partial charge < -0.3 is 20.1 Å². The number of aliphatic hydroxyl groups excluding tert-OH is 1. The first-order valence-electron chi connectivity index (χ1n) is 10.00.